The van der Waals surface area contributed by atoms with Crippen LogP contribution in [0.1, 0.15) is 33.3 Å². The van der Waals surface area contributed by atoms with Crippen LogP contribution in [0.3, 0.4) is 0 Å². The molecule has 1 aliphatic carbocycles. The summed E-state index contributed by atoms with van der Waals surface area (Å²) in [5.41, 5.74) is 7.59. The first kappa shape index (κ1) is 13.8. The minimum atomic E-state index is -0.254. The molecule has 3 heteroatoms. The molecule has 0 amide bonds. The standard InChI is InChI=1S/C15H21ClFN/c1-14(2)13(15(14,3)4)12(18)8-9-7-10(17)5-6-11(9)16/h5-7,12-13H,8,18H2,1-4H3. The predicted octanol–water partition coefficient (Wildman–Crippen LogP) is 4.03. The average Bonchev–Trinajstić information content (AvgIpc) is 2.63. The van der Waals surface area contributed by atoms with Crippen LogP contribution in [-0.4, -0.2) is 6.04 Å². The summed E-state index contributed by atoms with van der Waals surface area (Å²) in [6.07, 6.45) is 0.633. The zero-order valence-electron chi connectivity index (χ0n) is 11.4. The average molecular weight is 270 g/mol. The molecule has 100 valence electrons. The first-order valence-electron chi connectivity index (χ1n) is 6.37. The van der Waals surface area contributed by atoms with E-state index in [2.05, 4.69) is 27.7 Å². The summed E-state index contributed by atoms with van der Waals surface area (Å²) in [5.74, 6) is 0.195. The Morgan fingerprint density at radius 1 is 1.28 bits per heavy atom. The lowest BCUT2D eigenvalue weighted by molar-refractivity contribution is 0.457. The summed E-state index contributed by atoms with van der Waals surface area (Å²) < 4.78 is 13.2. The molecule has 18 heavy (non-hydrogen) atoms. The van der Waals surface area contributed by atoms with Gasteiger partial charge < -0.3 is 5.73 Å². The topological polar surface area (TPSA) is 26.0 Å². The molecule has 0 heterocycles. The normalized spacial score (nSPS) is 22.8. The van der Waals surface area contributed by atoms with Crippen LogP contribution in [0.25, 0.3) is 0 Å². The predicted molar refractivity (Wildman–Crippen MR) is 74.1 cm³/mol. The van der Waals surface area contributed by atoms with E-state index in [-0.39, 0.29) is 22.7 Å². The third-order valence-corrected chi connectivity index (χ3v) is 5.39. The van der Waals surface area contributed by atoms with Gasteiger partial charge in [-0.1, -0.05) is 39.3 Å². The van der Waals surface area contributed by atoms with Gasteiger partial charge in [-0.05, 0) is 46.9 Å². The van der Waals surface area contributed by atoms with Crippen LogP contribution in [0, 0.1) is 22.6 Å². The van der Waals surface area contributed by atoms with Gasteiger partial charge in [-0.15, -0.1) is 0 Å². The maximum Gasteiger partial charge on any atom is 0.123 e. The Morgan fingerprint density at radius 3 is 2.33 bits per heavy atom. The van der Waals surface area contributed by atoms with Crippen LogP contribution in [0.5, 0.6) is 0 Å². The molecule has 1 saturated carbocycles. The molecule has 0 aromatic heterocycles. The first-order chi connectivity index (χ1) is 8.18. The van der Waals surface area contributed by atoms with E-state index in [0.29, 0.717) is 17.4 Å². The smallest absolute Gasteiger partial charge is 0.123 e. The van der Waals surface area contributed by atoms with Gasteiger partial charge in [0.05, 0.1) is 0 Å². The van der Waals surface area contributed by atoms with Crippen molar-refractivity contribution in [1.82, 2.24) is 0 Å². The zero-order valence-corrected chi connectivity index (χ0v) is 12.2. The first-order valence-corrected chi connectivity index (χ1v) is 6.75. The second-order valence-corrected chi connectivity index (χ2v) is 6.93. The van der Waals surface area contributed by atoms with Gasteiger partial charge in [0, 0.05) is 11.1 Å². The lowest BCUT2D eigenvalue weighted by atomic mass is 9.97. The Labute approximate surface area is 114 Å². The Balaban J connectivity index is 2.14. The Morgan fingerprint density at radius 2 is 1.83 bits per heavy atom. The zero-order chi connectivity index (χ0) is 13.7. The van der Waals surface area contributed by atoms with E-state index >= 15 is 0 Å². The van der Waals surface area contributed by atoms with E-state index in [1.807, 2.05) is 0 Å². The summed E-state index contributed by atoms with van der Waals surface area (Å²) in [7, 11) is 0. The SMILES string of the molecule is CC1(C)C(C(N)Cc2cc(F)ccc2Cl)C1(C)C. The minimum absolute atomic E-state index is 0.0225. The van der Waals surface area contributed by atoms with E-state index < -0.39 is 0 Å². The number of hydrogen-bond donors (Lipinski definition) is 1. The molecule has 2 N–H and O–H groups in total. The summed E-state index contributed by atoms with van der Waals surface area (Å²) in [4.78, 5) is 0. The van der Waals surface area contributed by atoms with Gasteiger partial charge in [0.2, 0.25) is 0 Å². The Bertz CT molecular complexity index is 454. The Kier molecular flexibility index (Phi) is 3.23. The molecule has 0 saturated heterocycles. The summed E-state index contributed by atoms with van der Waals surface area (Å²) in [5, 5.41) is 0.600. The van der Waals surface area contributed by atoms with Crippen molar-refractivity contribution in [2.75, 3.05) is 0 Å². The molecule has 1 aromatic rings. The van der Waals surface area contributed by atoms with Crippen LogP contribution >= 0.6 is 11.6 Å². The lowest BCUT2D eigenvalue weighted by Gasteiger charge is -2.15. The van der Waals surface area contributed by atoms with Crippen molar-refractivity contribution >= 4 is 11.6 Å². The van der Waals surface area contributed by atoms with Gasteiger partial charge in [0.25, 0.3) is 0 Å². The largest absolute Gasteiger partial charge is 0.327 e. The molecule has 1 fully saturated rings. The van der Waals surface area contributed by atoms with Crippen LogP contribution in [0.2, 0.25) is 5.02 Å². The maximum atomic E-state index is 13.2. The number of hydrogen-bond acceptors (Lipinski definition) is 1. The fourth-order valence-corrected chi connectivity index (χ4v) is 3.58. The van der Waals surface area contributed by atoms with E-state index in [4.69, 9.17) is 17.3 Å². The van der Waals surface area contributed by atoms with Crippen LogP contribution in [0.15, 0.2) is 18.2 Å². The summed E-state index contributed by atoms with van der Waals surface area (Å²) >= 11 is 6.09. The highest BCUT2D eigenvalue weighted by atomic mass is 35.5. The van der Waals surface area contributed by atoms with Gasteiger partial charge in [0.1, 0.15) is 5.82 Å². The monoisotopic (exact) mass is 269 g/mol. The van der Waals surface area contributed by atoms with E-state index in [1.165, 1.54) is 12.1 Å². The molecule has 2 rings (SSSR count). The molecule has 0 spiro atoms. The molecule has 1 aliphatic rings. The minimum Gasteiger partial charge on any atom is -0.327 e. The molecule has 0 bridgehead atoms. The Hall–Kier alpha value is -0.600. The van der Waals surface area contributed by atoms with E-state index in [0.717, 1.165) is 5.56 Å². The van der Waals surface area contributed by atoms with Gasteiger partial charge in [-0.2, -0.15) is 0 Å². The molecular formula is C15H21ClFN. The quantitative estimate of drug-likeness (QED) is 0.881. The van der Waals surface area contributed by atoms with Gasteiger partial charge in [-0.3, -0.25) is 0 Å². The van der Waals surface area contributed by atoms with Crippen molar-refractivity contribution in [1.29, 1.82) is 0 Å². The van der Waals surface area contributed by atoms with Gasteiger partial charge >= 0.3 is 0 Å². The fourth-order valence-electron chi connectivity index (χ4n) is 3.39. The van der Waals surface area contributed by atoms with E-state index in [1.54, 1.807) is 6.07 Å². The van der Waals surface area contributed by atoms with Crippen molar-refractivity contribution in [3.63, 3.8) is 0 Å². The molecule has 1 nitrogen and oxygen atoms in total. The highest BCUT2D eigenvalue weighted by molar-refractivity contribution is 6.31. The summed E-state index contributed by atoms with van der Waals surface area (Å²) in [6, 6.07) is 4.49. The number of nitrogens with two attached hydrogens (primary N) is 1. The fraction of sp³-hybridized carbons (Fsp3) is 0.600. The third-order valence-electron chi connectivity index (χ3n) is 5.02. The molecular weight excluding hydrogens is 249 g/mol. The maximum absolute atomic E-state index is 13.2. The van der Waals surface area contributed by atoms with Crippen molar-refractivity contribution in [2.45, 2.75) is 40.2 Å². The second-order valence-electron chi connectivity index (χ2n) is 6.52. The third kappa shape index (κ3) is 2.06. The lowest BCUT2D eigenvalue weighted by Crippen LogP contribution is -2.28. The highest BCUT2D eigenvalue weighted by Crippen LogP contribution is 2.69. The molecule has 1 atom stereocenters. The van der Waals surface area contributed by atoms with Crippen molar-refractivity contribution in [3.8, 4) is 0 Å². The number of halogens is 2. The highest BCUT2D eigenvalue weighted by Gasteiger charge is 2.66. The van der Waals surface area contributed by atoms with Gasteiger partial charge in [-0.25, -0.2) is 4.39 Å². The van der Waals surface area contributed by atoms with Crippen molar-refractivity contribution in [2.24, 2.45) is 22.5 Å². The summed E-state index contributed by atoms with van der Waals surface area (Å²) in [6.45, 7) is 8.96. The van der Waals surface area contributed by atoms with Crippen LogP contribution < -0.4 is 5.73 Å². The second kappa shape index (κ2) is 4.21. The van der Waals surface area contributed by atoms with E-state index in [9.17, 15) is 4.39 Å². The van der Waals surface area contributed by atoms with Crippen molar-refractivity contribution < 1.29 is 4.39 Å². The number of benzene rings is 1. The number of rotatable bonds is 3. The molecule has 1 unspecified atom stereocenters. The molecule has 1 aromatic carbocycles. The van der Waals surface area contributed by atoms with Crippen LogP contribution in [0.4, 0.5) is 4.39 Å². The van der Waals surface area contributed by atoms with Gasteiger partial charge in [0.15, 0.2) is 0 Å². The van der Waals surface area contributed by atoms with Crippen LogP contribution in [-0.2, 0) is 6.42 Å². The van der Waals surface area contributed by atoms with Crippen molar-refractivity contribution in [3.05, 3.63) is 34.6 Å². The molecule has 0 aliphatic heterocycles. The molecule has 0 radical (unpaired) electrons.